The maximum atomic E-state index is 13.1. The molecule has 1 fully saturated rings. The minimum Gasteiger partial charge on any atom is -0.507 e. The van der Waals surface area contributed by atoms with Crippen molar-refractivity contribution in [2.45, 2.75) is 32.9 Å². The number of ketones is 1. The molecule has 0 bridgehead atoms. The molecule has 0 spiro atoms. The van der Waals surface area contributed by atoms with Crippen LogP contribution in [0.4, 0.5) is 0 Å². The number of amides is 1. The maximum absolute atomic E-state index is 13.1. The molecule has 1 atom stereocenters. The second-order valence-corrected chi connectivity index (χ2v) is 8.48. The van der Waals surface area contributed by atoms with Crippen molar-refractivity contribution >= 4 is 17.4 Å². The van der Waals surface area contributed by atoms with Gasteiger partial charge in [0.15, 0.2) is 0 Å². The van der Waals surface area contributed by atoms with Crippen LogP contribution in [0.25, 0.3) is 5.76 Å². The third kappa shape index (κ3) is 4.85. The van der Waals surface area contributed by atoms with Crippen molar-refractivity contribution < 1.29 is 23.8 Å². The number of hydrogen-bond acceptors (Lipinski definition) is 5. The van der Waals surface area contributed by atoms with Gasteiger partial charge in [0, 0.05) is 5.56 Å². The van der Waals surface area contributed by atoms with Crippen LogP contribution in [0.15, 0.2) is 83.0 Å². The number of furan rings is 1. The summed E-state index contributed by atoms with van der Waals surface area (Å²) >= 11 is 0. The number of Topliss-reactive ketones (excluding diaryl/α,β-unsaturated/α-hetero) is 1. The highest BCUT2D eigenvalue weighted by Crippen LogP contribution is 2.41. The first-order valence-electron chi connectivity index (χ1n) is 11.0. The lowest BCUT2D eigenvalue weighted by atomic mass is 9.95. The van der Waals surface area contributed by atoms with Crippen LogP contribution in [0.5, 0.6) is 5.75 Å². The first-order valence-corrected chi connectivity index (χ1v) is 11.0. The average Bonchev–Trinajstić information content (AvgIpc) is 3.41. The zero-order valence-electron chi connectivity index (χ0n) is 18.7. The Hall–Kier alpha value is -3.80. The van der Waals surface area contributed by atoms with E-state index in [2.05, 4.69) is 13.8 Å². The summed E-state index contributed by atoms with van der Waals surface area (Å²) in [5, 5.41) is 11.1. The SMILES string of the molecule is CC(C)CCOc1cccc(C2C(=C(O)c3ccccc3)C(=O)C(=O)N2Cc2ccco2)c1. The summed E-state index contributed by atoms with van der Waals surface area (Å²) in [6.45, 7) is 4.93. The molecule has 0 aliphatic carbocycles. The van der Waals surface area contributed by atoms with E-state index in [-0.39, 0.29) is 17.9 Å². The van der Waals surface area contributed by atoms with E-state index in [1.54, 1.807) is 36.4 Å². The molecule has 2 aromatic carbocycles. The fourth-order valence-electron chi connectivity index (χ4n) is 3.90. The zero-order chi connectivity index (χ0) is 23.4. The fourth-order valence-corrected chi connectivity index (χ4v) is 3.90. The van der Waals surface area contributed by atoms with Crippen molar-refractivity contribution in [3.05, 3.63) is 95.5 Å². The van der Waals surface area contributed by atoms with Crippen molar-refractivity contribution in [1.29, 1.82) is 0 Å². The number of carbonyl (C=O) groups is 2. The van der Waals surface area contributed by atoms with E-state index in [0.29, 0.717) is 35.2 Å². The summed E-state index contributed by atoms with van der Waals surface area (Å²) in [5.41, 5.74) is 1.21. The number of hydrogen-bond donors (Lipinski definition) is 1. The van der Waals surface area contributed by atoms with Gasteiger partial charge in [-0.3, -0.25) is 9.59 Å². The van der Waals surface area contributed by atoms with E-state index in [0.717, 1.165) is 6.42 Å². The van der Waals surface area contributed by atoms with Gasteiger partial charge in [-0.2, -0.15) is 0 Å². The first-order chi connectivity index (χ1) is 16.0. The molecule has 1 amide bonds. The van der Waals surface area contributed by atoms with Gasteiger partial charge in [-0.25, -0.2) is 0 Å². The Morgan fingerprint density at radius 3 is 2.55 bits per heavy atom. The van der Waals surface area contributed by atoms with E-state index in [9.17, 15) is 14.7 Å². The third-order valence-corrected chi connectivity index (χ3v) is 5.63. The third-order valence-electron chi connectivity index (χ3n) is 5.63. The minimum absolute atomic E-state index is 0.0529. The Labute approximate surface area is 193 Å². The zero-order valence-corrected chi connectivity index (χ0v) is 18.7. The molecule has 4 rings (SSSR count). The quantitative estimate of drug-likeness (QED) is 0.288. The molecule has 0 saturated carbocycles. The molecule has 33 heavy (non-hydrogen) atoms. The van der Waals surface area contributed by atoms with Gasteiger partial charge in [0.1, 0.15) is 17.3 Å². The largest absolute Gasteiger partial charge is 0.507 e. The normalized spacial score (nSPS) is 17.7. The van der Waals surface area contributed by atoms with E-state index < -0.39 is 17.7 Å². The molecule has 1 aromatic heterocycles. The van der Waals surface area contributed by atoms with Gasteiger partial charge in [0.25, 0.3) is 11.7 Å². The summed E-state index contributed by atoms with van der Waals surface area (Å²) in [5.74, 6) is 0.104. The van der Waals surface area contributed by atoms with Crippen LogP contribution in [0.3, 0.4) is 0 Å². The van der Waals surface area contributed by atoms with Gasteiger partial charge in [0.2, 0.25) is 0 Å². The summed E-state index contributed by atoms with van der Waals surface area (Å²) in [4.78, 5) is 27.6. The lowest BCUT2D eigenvalue weighted by molar-refractivity contribution is -0.140. The van der Waals surface area contributed by atoms with E-state index in [1.807, 2.05) is 30.3 Å². The lowest BCUT2D eigenvalue weighted by Crippen LogP contribution is -2.29. The van der Waals surface area contributed by atoms with Gasteiger partial charge >= 0.3 is 0 Å². The summed E-state index contributed by atoms with van der Waals surface area (Å²) in [7, 11) is 0. The van der Waals surface area contributed by atoms with Crippen LogP contribution in [-0.2, 0) is 16.1 Å². The number of aliphatic hydroxyl groups excluding tert-OH is 1. The number of nitrogens with zero attached hydrogens (tertiary/aromatic N) is 1. The van der Waals surface area contributed by atoms with Crippen molar-refractivity contribution in [3.8, 4) is 5.75 Å². The molecule has 1 aliphatic rings. The monoisotopic (exact) mass is 445 g/mol. The Balaban J connectivity index is 1.77. The Morgan fingerprint density at radius 2 is 1.85 bits per heavy atom. The Morgan fingerprint density at radius 1 is 1.06 bits per heavy atom. The van der Waals surface area contributed by atoms with Gasteiger partial charge in [-0.1, -0.05) is 56.3 Å². The van der Waals surface area contributed by atoms with Crippen LogP contribution < -0.4 is 4.74 Å². The Kier molecular flexibility index (Phi) is 6.63. The molecule has 0 radical (unpaired) electrons. The molecule has 1 saturated heterocycles. The summed E-state index contributed by atoms with van der Waals surface area (Å²) in [6, 6.07) is 18.8. The number of benzene rings is 2. The molecule has 1 N–H and O–H groups in total. The summed E-state index contributed by atoms with van der Waals surface area (Å²) in [6.07, 6.45) is 2.43. The van der Waals surface area contributed by atoms with E-state index in [1.165, 1.54) is 11.2 Å². The molecule has 170 valence electrons. The topological polar surface area (TPSA) is 80.0 Å². The van der Waals surface area contributed by atoms with Crippen molar-refractivity contribution in [2.75, 3.05) is 6.61 Å². The molecule has 1 unspecified atom stereocenters. The number of ether oxygens (including phenoxy) is 1. The molecular weight excluding hydrogens is 418 g/mol. The maximum Gasteiger partial charge on any atom is 0.296 e. The molecule has 6 nitrogen and oxygen atoms in total. The summed E-state index contributed by atoms with van der Waals surface area (Å²) < 4.78 is 11.3. The van der Waals surface area contributed by atoms with Crippen LogP contribution >= 0.6 is 0 Å². The first kappa shape index (κ1) is 22.4. The van der Waals surface area contributed by atoms with Crippen molar-refractivity contribution in [3.63, 3.8) is 0 Å². The standard InChI is InChI=1S/C27H27NO5/c1-18(2)13-15-33-21-11-6-10-20(16-21)24-23(25(29)19-8-4-3-5-9-19)26(30)27(31)28(24)17-22-12-7-14-32-22/h3-12,14,16,18,24,29H,13,15,17H2,1-2H3. The highest BCUT2D eigenvalue weighted by Gasteiger charge is 2.46. The molecule has 6 heteroatoms. The number of rotatable bonds is 8. The van der Waals surface area contributed by atoms with Crippen LogP contribution in [-0.4, -0.2) is 28.3 Å². The van der Waals surface area contributed by atoms with Gasteiger partial charge in [-0.05, 0) is 42.2 Å². The number of likely N-dealkylation sites (tertiary alicyclic amines) is 1. The predicted octanol–water partition coefficient (Wildman–Crippen LogP) is 5.33. The van der Waals surface area contributed by atoms with Crippen molar-refractivity contribution in [1.82, 2.24) is 4.90 Å². The molecular formula is C27H27NO5. The van der Waals surface area contributed by atoms with Gasteiger partial charge in [0.05, 0.1) is 31.0 Å². The van der Waals surface area contributed by atoms with Gasteiger partial charge < -0.3 is 19.2 Å². The average molecular weight is 446 g/mol. The number of carbonyl (C=O) groups excluding carboxylic acids is 2. The predicted molar refractivity (Wildman–Crippen MR) is 124 cm³/mol. The second-order valence-electron chi connectivity index (χ2n) is 8.48. The van der Waals surface area contributed by atoms with Crippen LogP contribution in [0, 0.1) is 5.92 Å². The van der Waals surface area contributed by atoms with Crippen LogP contribution in [0.1, 0.15) is 43.2 Å². The minimum atomic E-state index is -0.774. The van der Waals surface area contributed by atoms with E-state index in [4.69, 9.17) is 9.15 Å². The fraction of sp³-hybridized carbons (Fsp3) is 0.259. The number of aliphatic hydroxyl groups is 1. The second kappa shape index (κ2) is 9.77. The lowest BCUT2D eigenvalue weighted by Gasteiger charge is -2.25. The highest BCUT2D eigenvalue weighted by atomic mass is 16.5. The van der Waals surface area contributed by atoms with E-state index >= 15 is 0 Å². The highest BCUT2D eigenvalue weighted by molar-refractivity contribution is 6.46. The van der Waals surface area contributed by atoms with Gasteiger partial charge in [-0.15, -0.1) is 0 Å². The van der Waals surface area contributed by atoms with Crippen molar-refractivity contribution in [2.24, 2.45) is 5.92 Å². The smallest absolute Gasteiger partial charge is 0.296 e. The molecule has 3 aromatic rings. The van der Waals surface area contributed by atoms with Crippen LogP contribution in [0.2, 0.25) is 0 Å². The molecule has 2 heterocycles. The molecule has 1 aliphatic heterocycles. The Bertz CT molecular complexity index is 1150.